The highest BCUT2D eigenvalue weighted by Crippen LogP contribution is 2.39. The van der Waals surface area contributed by atoms with Gasteiger partial charge in [-0.2, -0.15) is 13.2 Å². The van der Waals surface area contributed by atoms with Gasteiger partial charge < -0.3 is 0 Å². The Labute approximate surface area is 97.5 Å². The van der Waals surface area contributed by atoms with E-state index >= 15 is 0 Å². The highest BCUT2D eigenvalue weighted by molar-refractivity contribution is 9.08. The predicted molar refractivity (Wildman–Crippen MR) is 55.5 cm³/mol. The Hall–Kier alpha value is -1.11. The summed E-state index contributed by atoms with van der Waals surface area (Å²) < 4.78 is 38.0. The minimum absolute atomic E-state index is 0.0790. The van der Waals surface area contributed by atoms with Crippen LogP contribution >= 0.6 is 15.9 Å². The first-order valence-electron chi connectivity index (χ1n) is 4.18. The summed E-state index contributed by atoms with van der Waals surface area (Å²) in [7, 11) is 0. The van der Waals surface area contributed by atoms with Crippen LogP contribution in [0, 0.1) is 17.0 Å². The molecule has 0 unspecified atom stereocenters. The van der Waals surface area contributed by atoms with Gasteiger partial charge in [-0.1, -0.05) is 22.0 Å². The van der Waals surface area contributed by atoms with E-state index in [0.717, 1.165) is 6.07 Å². The average molecular weight is 298 g/mol. The van der Waals surface area contributed by atoms with Crippen molar-refractivity contribution in [1.29, 1.82) is 0 Å². The molecule has 88 valence electrons. The number of hydrogen-bond acceptors (Lipinski definition) is 2. The highest BCUT2D eigenvalue weighted by atomic mass is 79.9. The van der Waals surface area contributed by atoms with E-state index in [9.17, 15) is 23.3 Å². The molecule has 0 amide bonds. The second kappa shape index (κ2) is 4.40. The summed E-state index contributed by atoms with van der Waals surface area (Å²) >= 11 is 2.90. The molecular formula is C9H7BrF3NO2. The van der Waals surface area contributed by atoms with Crippen LogP contribution in [0.4, 0.5) is 18.9 Å². The summed E-state index contributed by atoms with van der Waals surface area (Å²) in [5, 5.41) is 10.5. The quantitative estimate of drug-likeness (QED) is 0.473. The lowest BCUT2D eigenvalue weighted by atomic mass is 10.0. The maximum absolute atomic E-state index is 12.7. The number of nitro groups is 1. The summed E-state index contributed by atoms with van der Waals surface area (Å²) in [4.78, 5) is 9.57. The molecular weight excluding hydrogens is 291 g/mol. The molecule has 0 saturated heterocycles. The molecule has 1 aromatic rings. The van der Waals surface area contributed by atoms with Gasteiger partial charge in [-0.15, -0.1) is 0 Å². The Morgan fingerprint density at radius 3 is 2.38 bits per heavy atom. The molecule has 7 heteroatoms. The van der Waals surface area contributed by atoms with E-state index in [0.29, 0.717) is 5.56 Å². The standard InChI is InChI=1S/C9H7BrF3NO2/c1-5-2-6(4-10)8(9(11,12)13)7(3-5)14(15)16/h2-3H,4H2,1H3. The smallest absolute Gasteiger partial charge is 0.258 e. The van der Waals surface area contributed by atoms with Crippen molar-refractivity contribution in [2.75, 3.05) is 0 Å². The zero-order valence-electron chi connectivity index (χ0n) is 8.14. The minimum atomic E-state index is -4.72. The number of nitrogens with zero attached hydrogens (tertiary/aromatic N) is 1. The molecule has 3 nitrogen and oxygen atoms in total. The van der Waals surface area contributed by atoms with Gasteiger partial charge in [0.2, 0.25) is 0 Å². The second-order valence-corrected chi connectivity index (χ2v) is 3.77. The van der Waals surface area contributed by atoms with Gasteiger partial charge in [0.15, 0.2) is 0 Å². The fraction of sp³-hybridized carbons (Fsp3) is 0.333. The summed E-state index contributed by atoms with van der Waals surface area (Å²) in [5.41, 5.74) is -1.78. The Kier molecular flexibility index (Phi) is 3.57. The van der Waals surface area contributed by atoms with Crippen LogP contribution in [-0.2, 0) is 11.5 Å². The van der Waals surface area contributed by atoms with Crippen molar-refractivity contribution in [1.82, 2.24) is 0 Å². The van der Waals surface area contributed by atoms with Crippen LogP contribution in [0.15, 0.2) is 12.1 Å². The summed E-state index contributed by atoms with van der Waals surface area (Å²) in [6, 6.07) is 2.21. The van der Waals surface area contributed by atoms with Crippen LogP contribution < -0.4 is 0 Å². The van der Waals surface area contributed by atoms with Crippen molar-refractivity contribution in [3.8, 4) is 0 Å². The van der Waals surface area contributed by atoms with Crippen LogP contribution in [0.25, 0.3) is 0 Å². The largest absolute Gasteiger partial charge is 0.423 e. The molecule has 0 bridgehead atoms. The Bertz CT molecular complexity index is 431. The summed E-state index contributed by atoms with van der Waals surface area (Å²) in [6.07, 6.45) is -4.72. The molecule has 0 radical (unpaired) electrons. The van der Waals surface area contributed by atoms with E-state index in [-0.39, 0.29) is 10.9 Å². The lowest BCUT2D eigenvalue weighted by Crippen LogP contribution is -2.12. The summed E-state index contributed by atoms with van der Waals surface area (Å²) in [6.45, 7) is 1.51. The molecule has 0 aliphatic rings. The van der Waals surface area contributed by atoms with Crippen LogP contribution in [0.3, 0.4) is 0 Å². The van der Waals surface area contributed by atoms with Gasteiger partial charge >= 0.3 is 6.18 Å². The third kappa shape index (κ3) is 2.52. The maximum atomic E-state index is 12.7. The lowest BCUT2D eigenvalue weighted by molar-refractivity contribution is -0.388. The number of hydrogen-bond donors (Lipinski definition) is 0. The molecule has 0 fully saturated rings. The molecule has 16 heavy (non-hydrogen) atoms. The molecule has 0 N–H and O–H groups in total. The number of alkyl halides is 4. The number of aryl methyl sites for hydroxylation is 1. The zero-order valence-corrected chi connectivity index (χ0v) is 9.72. The van der Waals surface area contributed by atoms with Gasteiger partial charge in [-0.05, 0) is 18.1 Å². The maximum Gasteiger partial charge on any atom is 0.423 e. The fourth-order valence-corrected chi connectivity index (χ4v) is 1.86. The third-order valence-corrected chi connectivity index (χ3v) is 2.57. The van der Waals surface area contributed by atoms with E-state index in [1.165, 1.54) is 13.0 Å². The first kappa shape index (κ1) is 13.0. The molecule has 0 saturated carbocycles. The molecule has 0 aliphatic carbocycles. The van der Waals surface area contributed by atoms with Crippen molar-refractivity contribution in [2.24, 2.45) is 0 Å². The Balaban J connectivity index is 3.58. The zero-order chi connectivity index (χ0) is 12.5. The number of benzene rings is 1. The normalized spacial score (nSPS) is 11.6. The van der Waals surface area contributed by atoms with Crippen molar-refractivity contribution in [3.05, 3.63) is 38.9 Å². The first-order valence-corrected chi connectivity index (χ1v) is 5.30. The number of rotatable bonds is 2. The van der Waals surface area contributed by atoms with Gasteiger partial charge in [0.05, 0.1) is 4.92 Å². The third-order valence-electron chi connectivity index (χ3n) is 1.97. The molecule has 1 aromatic carbocycles. The van der Waals surface area contributed by atoms with Crippen LogP contribution in [0.5, 0.6) is 0 Å². The molecule has 0 aliphatic heterocycles. The first-order chi connectivity index (χ1) is 7.27. The van der Waals surface area contributed by atoms with E-state index in [4.69, 9.17) is 0 Å². The van der Waals surface area contributed by atoms with Crippen molar-refractivity contribution in [3.63, 3.8) is 0 Å². The van der Waals surface area contributed by atoms with Crippen molar-refractivity contribution < 1.29 is 18.1 Å². The Morgan fingerprint density at radius 1 is 1.44 bits per heavy atom. The van der Waals surface area contributed by atoms with E-state index in [1.54, 1.807) is 0 Å². The predicted octanol–water partition coefficient (Wildman–Crippen LogP) is 3.82. The molecule has 1 rings (SSSR count). The molecule has 0 spiro atoms. The van der Waals surface area contributed by atoms with E-state index in [1.807, 2.05) is 0 Å². The van der Waals surface area contributed by atoms with Gasteiger partial charge in [-0.3, -0.25) is 10.1 Å². The SMILES string of the molecule is Cc1cc(CBr)c(C(F)(F)F)c([N+](=O)[O-])c1. The minimum Gasteiger partial charge on any atom is -0.258 e. The van der Waals surface area contributed by atoms with Crippen molar-refractivity contribution in [2.45, 2.75) is 18.4 Å². The molecule has 0 heterocycles. The fourth-order valence-electron chi connectivity index (χ4n) is 1.42. The highest BCUT2D eigenvalue weighted by Gasteiger charge is 2.40. The van der Waals surface area contributed by atoms with Crippen LogP contribution in [0.1, 0.15) is 16.7 Å². The van der Waals surface area contributed by atoms with E-state index < -0.39 is 22.4 Å². The summed E-state index contributed by atoms with van der Waals surface area (Å²) in [5.74, 6) is 0. The van der Waals surface area contributed by atoms with Crippen LogP contribution in [-0.4, -0.2) is 4.92 Å². The second-order valence-electron chi connectivity index (χ2n) is 3.21. The van der Waals surface area contributed by atoms with Gasteiger partial charge in [0, 0.05) is 11.4 Å². The van der Waals surface area contributed by atoms with Gasteiger partial charge in [-0.25, -0.2) is 0 Å². The molecule has 0 atom stereocenters. The number of halogens is 4. The average Bonchev–Trinajstić information content (AvgIpc) is 2.14. The van der Waals surface area contributed by atoms with E-state index in [2.05, 4.69) is 15.9 Å². The van der Waals surface area contributed by atoms with Crippen molar-refractivity contribution >= 4 is 21.6 Å². The van der Waals surface area contributed by atoms with Gasteiger partial charge in [0.1, 0.15) is 5.56 Å². The van der Waals surface area contributed by atoms with Gasteiger partial charge in [0.25, 0.3) is 5.69 Å². The van der Waals surface area contributed by atoms with Crippen LogP contribution in [0.2, 0.25) is 0 Å². The Morgan fingerprint density at radius 2 is 2.00 bits per heavy atom. The topological polar surface area (TPSA) is 43.1 Å². The lowest BCUT2D eigenvalue weighted by Gasteiger charge is -2.12. The molecule has 0 aromatic heterocycles. The number of nitro benzene ring substituents is 1. The monoisotopic (exact) mass is 297 g/mol.